The minimum Gasteiger partial charge on any atom is -0.485 e. The Morgan fingerprint density at radius 3 is 2.74 bits per heavy atom. The van der Waals surface area contributed by atoms with Gasteiger partial charge in [0, 0.05) is 11.4 Å². The summed E-state index contributed by atoms with van der Waals surface area (Å²) in [5.74, 6) is 1.11. The van der Waals surface area contributed by atoms with Gasteiger partial charge in [-0.1, -0.05) is 30.0 Å². The summed E-state index contributed by atoms with van der Waals surface area (Å²) in [4.78, 5) is 26.6. The van der Waals surface area contributed by atoms with E-state index in [0.29, 0.717) is 41.3 Å². The van der Waals surface area contributed by atoms with Gasteiger partial charge in [-0.3, -0.25) is 4.79 Å². The molecule has 10 heteroatoms. The number of thioether (sulfide) groups is 1. The average molecular weight is 515 g/mol. The first kappa shape index (κ1) is 25.2. The van der Waals surface area contributed by atoms with E-state index in [1.807, 2.05) is 42.7 Å². The third-order valence-corrected chi connectivity index (χ3v) is 7.97. The SMILES string of the molecule is CCOC(=O)c1c(NC(=O)CSc2nnc(COc3ccccc3C)n2CC)sc2c1CCCC2. The fraction of sp³-hybridized carbons (Fsp3) is 0.440. The lowest BCUT2D eigenvalue weighted by molar-refractivity contribution is -0.113. The van der Waals surface area contributed by atoms with Crippen LogP contribution in [0.25, 0.3) is 0 Å². The molecule has 0 radical (unpaired) electrons. The zero-order valence-electron chi connectivity index (χ0n) is 20.3. The van der Waals surface area contributed by atoms with Gasteiger partial charge in [-0.05, 0) is 63.6 Å². The molecule has 1 amide bonds. The molecule has 0 fully saturated rings. The van der Waals surface area contributed by atoms with Gasteiger partial charge in [-0.15, -0.1) is 21.5 Å². The van der Waals surface area contributed by atoms with Crippen LogP contribution >= 0.6 is 23.1 Å². The molecule has 0 unspecified atom stereocenters. The maximum Gasteiger partial charge on any atom is 0.341 e. The Balaban J connectivity index is 1.41. The highest BCUT2D eigenvalue weighted by Crippen LogP contribution is 2.38. The van der Waals surface area contributed by atoms with E-state index >= 15 is 0 Å². The number of carbonyl (C=O) groups is 2. The number of ether oxygens (including phenoxy) is 2. The lowest BCUT2D eigenvalue weighted by Crippen LogP contribution is -2.17. The summed E-state index contributed by atoms with van der Waals surface area (Å²) in [7, 11) is 0. The first-order chi connectivity index (χ1) is 17.0. The van der Waals surface area contributed by atoms with Gasteiger partial charge in [0.25, 0.3) is 0 Å². The van der Waals surface area contributed by atoms with E-state index in [-0.39, 0.29) is 17.6 Å². The zero-order valence-corrected chi connectivity index (χ0v) is 21.9. The normalized spacial score (nSPS) is 12.8. The number of rotatable bonds is 10. The molecule has 1 aliphatic rings. The van der Waals surface area contributed by atoms with E-state index in [1.54, 1.807) is 6.92 Å². The van der Waals surface area contributed by atoms with Crippen LogP contribution in [0.3, 0.4) is 0 Å². The molecule has 0 saturated carbocycles. The molecule has 0 spiro atoms. The van der Waals surface area contributed by atoms with Crippen molar-refractivity contribution in [2.75, 3.05) is 17.7 Å². The van der Waals surface area contributed by atoms with Crippen molar-refractivity contribution in [2.45, 2.75) is 64.8 Å². The van der Waals surface area contributed by atoms with Crippen LogP contribution in [0.1, 0.15) is 58.9 Å². The number of benzene rings is 1. The van der Waals surface area contributed by atoms with Gasteiger partial charge in [0.05, 0.1) is 17.9 Å². The minimum atomic E-state index is -0.362. The van der Waals surface area contributed by atoms with E-state index in [0.717, 1.165) is 42.6 Å². The number of nitrogens with one attached hydrogen (secondary N) is 1. The molecule has 0 bridgehead atoms. The summed E-state index contributed by atoms with van der Waals surface area (Å²) < 4.78 is 13.1. The third-order valence-electron chi connectivity index (χ3n) is 5.80. The van der Waals surface area contributed by atoms with Crippen LogP contribution in [0.15, 0.2) is 29.4 Å². The number of aryl methyl sites for hydroxylation is 2. The number of aromatic nitrogens is 3. The minimum absolute atomic E-state index is 0.154. The zero-order chi connectivity index (χ0) is 24.8. The third kappa shape index (κ3) is 5.87. The smallest absolute Gasteiger partial charge is 0.341 e. The molecule has 186 valence electrons. The van der Waals surface area contributed by atoms with Crippen molar-refractivity contribution in [1.29, 1.82) is 0 Å². The molecular weight excluding hydrogens is 484 g/mol. The number of thiophene rings is 1. The molecular formula is C25H30N4O4S2. The average Bonchev–Trinajstić information content (AvgIpc) is 3.42. The predicted octanol–water partition coefficient (Wildman–Crippen LogP) is 5.03. The van der Waals surface area contributed by atoms with Crippen LogP contribution in [0.5, 0.6) is 5.75 Å². The second-order valence-electron chi connectivity index (χ2n) is 8.17. The molecule has 2 aromatic heterocycles. The Morgan fingerprint density at radius 1 is 1.17 bits per heavy atom. The molecule has 0 saturated heterocycles. The van der Waals surface area contributed by atoms with Gasteiger partial charge < -0.3 is 19.4 Å². The van der Waals surface area contributed by atoms with E-state index in [4.69, 9.17) is 9.47 Å². The molecule has 1 N–H and O–H groups in total. The van der Waals surface area contributed by atoms with E-state index in [1.165, 1.54) is 28.0 Å². The quantitative estimate of drug-likeness (QED) is 0.299. The van der Waals surface area contributed by atoms with Crippen molar-refractivity contribution in [1.82, 2.24) is 14.8 Å². The number of para-hydroxylation sites is 1. The molecule has 0 atom stereocenters. The molecule has 1 aliphatic carbocycles. The Bertz CT molecular complexity index is 1200. The standard InChI is InChI=1S/C25H30N4O4S2/c1-4-29-20(14-33-18-12-8-6-10-16(18)3)27-28-25(29)34-15-21(30)26-23-22(24(31)32-5-2)17-11-7-9-13-19(17)35-23/h6,8,10,12H,4-5,7,9,11,13-15H2,1-3H3,(H,26,30). The first-order valence-electron chi connectivity index (χ1n) is 11.9. The van der Waals surface area contributed by atoms with Crippen LogP contribution < -0.4 is 10.1 Å². The van der Waals surface area contributed by atoms with Gasteiger partial charge in [-0.2, -0.15) is 0 Å². The van der Waals surface area contributed by atoms with Crippen LogP contribution in [0, 0.1) is 6.92 Å². The number of nitrogens with zero attached hydrogens (tertiary/aromatic N) is 3. The molecule has 3 aromatic rings. The first-order valence-corrected chi connectivity index (χ1v) is 13.7. The molecule has 8 nitrogen and oxygen atoms in total. The van der Waals surface area contributed by atoms with E-state index in [2.05, 4.69) is 15.5 Å². The molecule has 4 rings (SSSR count). The number of hydrogen-bond donors (Lipinski definition) is 1. The Morgan fingerprint density at radius 2 is 1.97 bits per heavy atom. The van der Waals surface area contributed by atoms with Crippen molar-refractivity contribution >= 4 is 40.0 Å². The van der Waals surface area contributed by atoms with Crippen molar-refractivity contribution in [3.05, 3.63) is 51.7 Å². The van der Waals surface area contributed by atoms with Crippen molar-refractivity contribution in [2.24, 2.45) is 0 Å². The predicted molar refractivity (Wildman–Crippen MR) is 137 cm³/mol. The van der Waals surface area contributed by atoms with Crippen LogP contribution in [-0.2, 0) is 35.5 Å². The maximum absolute atomic E-state index is 12.8. The lowest BCUT2D eigenvalue weighted by Gasteiger charge is -2.12. The Labute approximate surface area is 213 Å². The van der Waals surface area contributed by atoms with Crippen molar-refractivity contribution in [3.8, 4) is 5.75 Å². The van der Waals surface area contributed by atoms with Gasteiger partial charge in [0.15, 0.2) is 11.0 Å². The number of esters is 1. The van der Waals surface area contributed by atoms with Crippen molar-refractivity contribution < 1.29 is 19.1 Å². The summed E-state index contributed by atoms with van der Waals surface area (Å²) in [6.45, 7) is 7.05. The fourth-order valence-electron chi connectivity index (χ4n) is 4.08. The Hall–Kier alpha value is -2.85. The summed E-state index contributed by atoms with van der Waals surface area (Å²) in [6, 6.07) is 7.83. The Kier molecular flexibility index (Phi) is 8.46. The van der Waals surface area contributed by atoms with Gasteiger partial charge in [-0.25, -0.2) is 4.79 Å². The summed E-state index contributed by atoms with van der Waals surface area (Å²) in [5.41, 5.74) is 2.61. The second kappa shape index (κ2) is 11.7. The number of fused-ring (bicyclic) bond motifs is 1. The van der Waals surface area contributed by atoms with E-state index in [9.17, 15) is 9.59 Å². The number of carbonyl (C=O) groups excluding carboxylic acids is 2. The highest BCUT2D eigenvalue weighted by molar-refractivity contribution is 7.99. The monoisotopic (exact) mass is 514 g/mol. The van der Waals surface area contributed by atoms with Gasteiger partial charge >= 0.3 is 5.97 Å². The van der Waals surface area contributed by atoms with Crippen LogP contribution in [-0.4, -0.2) is 39.0 Å². The number of anilines is 1. The lowest BCUT2D eigenvalue weighted by atomic mass is 9.95. The largest absolute Gasteiger partial charge is 0.485 e. The second-order valence-corrected chi connectivity index (χ2v) is 10.2. The molecule has 1 aromatic carbocycles. The summed E-state index contributed by atoms with van der Waals surface area (Å²) in [6.07, 6.45) is 3.92. The number of amides is 1. The molecule has 35 heavy (non-hydrogen) atoms. The van der Waals surface area contributed by atoms with Crippen LogP contribution in [0.2, 0.25) is 0 Å². The summed E-state index contributed by atoms with van der Waals surface area (Å²) >= 11 is 2.81. The van der Waals surface area contributed by atoms with E-state index < -0.39 is 0 Å². The number of hydrogen-bond acceptors (Lipinski definition) is 8. The maximum atomic E-state index is 12.8. The highest BCUT2D eigenvalue weighted by Gasteiger charge is 2.27. The van der Waals surface area contributed by atoms with Crippen LogP contribution in [0.4, 0.5) is 5.00 Å². The van der Waals surface area contributed by atoms with Gasteiger partial charge in [0.1, 0.15) is 17.4 Å². The molecule has 0 aliphatic heterocycles. The summed E-state index contributed by atoms with van der Waals surface area (Å²) in [5, 5.41) is 12.7. The van der Waals surface area contributed by atoms with Gasteiger partial charge in [0.2, 0.25) is 5.91 Å². The highest BCUT2D eigenvalue weighted by atomic mass is 32.2. The topological polar surface area (TPSA) is 95.3 Å². The molecule has 2 heterocycles. The van der Waals surface area contributed by atoms with Crippen molar-refractivity contribution in [3.63, 3.8) is 0 Å². The fourth-order valence-corrected chi connectivity index (χ4v) is 6.19.